The lowest BCUT2D eigenvalue weighted by Gasteiger charge is -2.15. The van der Waals surface area contributed by atoms with E-state index in [-0.39, 0.29) is 24.7 Å². The number of anilines is 2. The second-order valence-corrected chi connectivity index (χ2v) is 10.1. The van der Waals surface area contributed by atoms with Gasteiger partial charge in [-0.1, -0.05) is 37.6 Å². The molecule has 1 amide bonds. The Morgan fingerprint density at radius 3 is 2.50 bits per heavy atom. The summed E-state index contributed by atoms with van der Waals surface area (Å²) < 4.78 is 17.2. The number of amides is 1. The maximum atomic E-state index is 13.7. The Balaban J connectivity index is 1.38. The summed E-state index contributed by atoms with van der Waals surface area (Å²) in [4.78, 5) is 53.8. The first-order valence-electron chi connectivity index (χ1n) is 14.3. The summed E-state index contributed by atoms with van der Waals surface area (Å²) in [5.41, 5.74) is 3.31. The van der Waals surface area contributed by atoms with Crippen LogP contribution in [-0.4, -0.2) is 40.6 Å². The average Bonchev–Trinajstić information content (AvgIpc) is 3.39. The van der Waals surface area contributed by atoms with Crippen molar-refractivity contribution >= 4 is 51.2 Å². The van der Waals surface area contributed by atoms with E-state index in [1.165, 1.54) is 17.7 Å². The highest BCUT2D eigenvalue weighted by atomic mass is 16.5. The number of rotatable bonds is 12. The molecule has 0 spiro atoms. The number of aromatic nitrogens is 2. The van der Waals surface area contributed by atoms with Gasteiger partial charge in [0.1, 0.15) is 29.2 Å². The summed E-state index contributed by atoms with van der Waals surface area (Å²) in [6, 6.07) is 20.2. The fourth-order valence-corrected chi connectivity index (χ4v) is 4.64. The maximum absolute atomic E-state index is 13.7. The second kappa shape index (κ2) is 13.7. The summed E-state index contributed by atoms with van der Waals surface area (Å²) in [7, 11) is 0. The van der Waals surface area contributed by atoms with Crippen LogP contribution in [0.1, 0.15) is 32.3 Å². The fourth-order valence-electron chi connectivity index (χ4n) is 4.64. The third-order valence-corrected chi connectivity index (χ3v) is 6.85. The Kier molecular flexibility index (Phi) is 9.34. The minimum atomic E-state index is -0.557. The highest BCUT2D eigenvalue weighted by Crippen LogP contribution is 2.29. The average molecular weight is 597 g/mol. The molecule has 44 heavy (non-hydrogen) atoms. The number of nitrogens with zero attached hydrogens (tertiary/aromatic N) is 2. The zero-order chi connectivity index (χ0) is 31.1. The van der Waals surface area contributed by atoms with Gasteiger partial charge in [0.25, 0.3) is 11.5 Å². The first-order chi connectivity index (χ1) is 21.3. The van der Waals surface area contributed by atoms with Gasteiger partial charge in [-0.25, -0.2) is 4.98 Å². The highest BCUT2D eigenvalue weighted by Gasteiger charge is 2.17. The largest absolute Gasteiger partial charge is 0.464 e. The van der Waals surface area contributed by atoms with Gasteiger partial charge in [-0.2, -0.15) is 0 Å². The lowest BCUT2D eigenvalue weighted by atomic mass is 10.1. The van der Waals surface area contributed by atoms with E-state index >= 15 is 0 Å². The van der Waals surface area contributed by atoms with E-state index in [1.54, 1.807) is 24.3 Å². The van der Waals surface area contributed by atoms with Crippen LogP contribution in [0.3, 0.4) is 0 Å². The van der Waals surface area contributed by atoms with Crippen LogP contribution in [0.4, 0.5) is 11.4 Å². The normalized spacial score (nSPS) is 11.0. The molecule has 0 unspecified atom stereocenters. The second-order valence-electron chi connectivity index (χ2n) is 10.1. The van der Waals surface area contributed by atoms with Crippen molar-refractivity contribution in [2.24, 2.45) is 0 Å². The van der Waals surface area contributed by atoms with Crippen LogP contribution in [0.15, 0.2) is 82.1 Å². The molecule has 0 bridgehead atoms. The van der Waals surface area contributed by atoms with Gasteiger partial charge in [0.15, 0.2) is 6.61 Å². The molecule has 226 valence electrons. The van der Waals surface area contributed by atoms with Crippen molar-refractivity contribution in [1.82, 2.24) is 9.55 Å². The van der Waals surface area contributed by atoms with E-state index < -0.39 is 30.0 Å². The molecule has 0 aliphatic carbocycles. The predicted octanol–water partition coefficient (Wildman–Crippen LogP) is 5.27. The molecule has 0 saturated carbocycles. The Bertz CT molecular complexity index is 1880. The molecular weight excluding hydrogens is 564 g/mol. The monoisotopic (exact) mass is 596 g/mol. The van der Waals surface area contributed by atoms with Crippen molar-refractivity contribution in [2.45, 2.75) is 39.8 Å². The molecule has 11 heteroatoms. The van der Waals surface area contributed by atoms with Crippen LogP contribution in [0.2, 0.25) is 0 Å². The number of hydrogen-bond donors (Lipinski definition) is 2. The van der Waals surface area contributed by atoms with Gasteiger partial charge in [-0.15, -0.1) is 0 Å². The van der Waals surface area contributed by atoms with Crippen LogP contribution >= 0.6 is 0 Å². The highest BCUT2D eigenvalue weighted by molar-refractivity contribution is 6.05. The Morgan fingerprint density at radius 2 is 1.73 bits per heavy atom. The van der Waals surface area contributed by atoms with Gasteiger partial charge in [-0.05, 0) is 54.4 Å². The van der Waals surface area contributed by atoms with Crippen molar-refractivity contribution in [3.05, 3.63) is 88.8 Å². The molecule has 0 radical (unpaired) electrons. The van der Waals surface area contributed by atoms with Crippen molar-refractivity contribution in [3.63, 3.8) is 0 Å². The molecule has 11 nitrogen and oxygen atoms in total. The third kappa shape index (κ3) is 7.12. The number of carbonyl (C=O) groups is 3. The smallest absolute Gasteiger partial charge is 0.326 e. The zero-order valence-electron chi connectivity index (χ0n) is 24.4. The minimum absolute atomic E-state index is 0.224. The van der Waals surface area contributed by atoms with Crippen molar-refractivity contribution in [3.8, 4) is 11.4 Å². The van der Waals surface area contributed by atoms with Gasteiger partial charge in [0.05, 0.1) is 12.8 Å². The van der Waals surface area contributed by atoms with E-state index in [2.05, 4.69) is 15.6 Å². The number of fused-ring (bicyclic) bond motifs is 3. The van der Waals surface area contributed by atoms with Gasteiger partial charge >= 0.3 is 11.9 Å². The Hall–Kier alpha value is -5.45. The van der Waals surface area contributed by atoms with E-state index in [1.807, 2.05) is 49.4 Å². The Morgan fingerprint density at radius 1 is 0.955 bits per heavy atom. The SMILES string of the molecule is CCCCOC(=O)Cn1c(-c2ccc(NC(=O)COC(C)=O)cc2)ncc(NCc2ccc3oc4ccccc4c3c2)c1=O. The van der Waals surface area contributed by atoms with E-state index in [9.17, 15) is 19.2 Å². The first kappa shape index (κ1) is 30.0. The summed E-state index contributed by atoms with van der Waals surface area (Å²) in [6.07, 6.45) is 3.02. The van der Waals surface area contributed by atoms with Gasteiger partial charge in [-0.3, -0.25) is 23.7 Å². The molecule has 5 aromatic rings. The summed E-state index contributed by atoms with van der Waals surface area (Å²) >= 11 is 0. The van der Waals surface area contributed by atoms with Crippen molar-refractivity contribution < 1.29 is 28.3 Å². The van der Waals surface area contributed by atoms with E-state index in [0.717, 1.165) is 33.9 Å². The van der Waals surface area contributed by atoms with Gasteiger partial charge in [0.2, 0.25) is 0 Å². The van der Waals surface area contributed by atoms with Crippen LogP contribution in [0.25, 0.3) is 33.3 Å². The third-order valence-electron chi connectivity index (χ3n) is 6.85. The molecule has 2 aromatic heterocycles. The molecule has 3 aromatic carbocycles. The molecule has 0 saturated heterocycles. The number of nitrogens with one attached hydrogen (secondary N) is 2. The first-order valence-corrected chi connectivity index (χ1v) is 14.3. The van der Waals surface area contributed by atoms with Crippen molar-refractivity contribution in [2.75, 3.05) is 23.8 Å². The van der Waals surface area contributed by atoms with Gasteiger partial charge < -0.3 is 24.5 Å². The number of unbranched alkanes of at least 4 members (excludes halogenated alkanes) is 1. The predicted molar refractivity (Wildman–Crippen MR) is 166 cm³/mol. The summed E-state index contributed by atoms with van der Waals surface area (Å²) in [5, 5.41) is 7.78. The van der Waals surface area contributed by atoms with E-state index in [4.69, 9.17) is 13.9 Å². The number of para-hydroxylation sites is 1. The Labute approximate surface area is 252 Å². The van der Waals surface area contributed by atoms with Crippen LogP contribution in [0, 0.1) is 0 Å². The number of furan rings is 1. The van der Waals surface area contributed by atoms with Gasteiger partial charge in [0, 0.05) is 35.5 Å². The minimum Gasteiger partial charge on any atom is -0.464 e. The fraction of sp³-hybridized carbons (Fsp3) is 0.242. The van der Waals surface area contributed by atoms with E-state index in [0.29, 0.717) is 24.2 Å². The maximum Gasteiger partial charge on any atom is 0.326 e. The molecule has 0 atom stereocenters. The van der Waals surface area contributed by atoms with Crippen molar-refractivity contribution in [1.29, 1.82) is 0 Å². The molecule has 5 rings (SSSR count). The summed E-state index contributed by atoms with van der Waals surface area (Å²) in [6.45, 7) is 3.08. The van der Waals surface area contributed by atoms with Crippen LogP contribution < -0.4 is 16.2 Å². The lowest BCUT2D eigenvalue weighted by molar-refractivity contribution is -0.145. The number of ether oxygens (including phenoxy) is 2. The quantitative estimate of drug-likeness (QED) is 0.146. The zero-order valence-corrected chi connectivity index (χ0v) is 24.4. The molecule has 2 N–H and O–H groups in total. The number of esters is 2. The molecular formula is C33H32N4O7. The molecule has 2 heterocycles. The van der Waals surface area contributed by atoms with Crippen LogP contribution in [0.5, 0.6) is 0 Å². The lowest BCUT2D eigenvalue weighted by Crippen LogP contribution is -2.30. The number of carbonyl (C=O) groups excluding carboxylic acids is 3. The van der Waals surface area contributed by atoms with Crippen LogP contribution in [-0.2, 0) is 36.9 Å². The molecule has 0 aliphatic heterocycles. The number of hydrogen-bond acceptors (Lipinski definition) is 9. The number of benzene rings is 3. The summed E-state index contributed by atoms with van der Waals surface area (Å²) in [5.74, 6) is -1.34. The molecule has 0 aliphatic rings. The molecule has 0 fully saturated rings. The standard InChI is InChI=1S/C33H32N4O7/c1-3-4-15-42-31(40)19-37-32(23-10-12-24(13-11-23)36-30(39)20-43-21(2)38)35-18-27(33(37)41)34-17-22-9-14-29-26(16-22)25-7-5-6-8-28(25)44-29/h5-14,16,18,34H,3-4,15,17,19-20H2,1-2H3,(H,36,39). The topological polar surface area (TPSA) is 142 Å².